The number of anilines is 1. The Bertz CT molecular complexity index is 952. The van der Waals surface area contributed by atoms with Gasteiger partial charge in [0.05, 0.1) is 18.8 Å². The molecule has 0 radical (unpaired) electrons. The number of carbonyl (C=O) groups is 2. The summed E-state index contributed by atoms with van der Waals surface area (Å²) in [5, 5.41) is 0.533. The summed E-state index contributed by atoms with van der Waals surface area (Å²) in [6.07, 6.45) is 0.356. The smallest absolute Gasteiger partial charge is 0.409 e. The van der Waals surface area contributed by atoms with Crippen LogP contribution < -0.4 is 9.64 Å². The molecule has 0 atom stereocenters. The first-order chi connectivity index (χ1) is 14.6. The summed E-state index contributed by atoms with van der Waals surface area (Å²) >= 11 is 6.24. The van der Waals surface area contributed by atoms with Crippen LogP contribution in [-0.4, -0.2) is 54.7 Å². The van der Waals surface area contributed by atoms with E-state index in [0.29, 0.717) is 62.2 Å². The monoisotopic (exact) mass is 429 g/mol. The highest BCUT2D eigenvalue weighted by Gasteiger charge is 2.30. The molecule has 8 heteroatoms. The fourth-order valence-electron chi connectivity index (χ4n) is 3.74. The van der Waals surface area contributed by atoms with Crippen molar-refractivity contribution < 1.29 is 19.1 Å². The average molecular weight is 430 g/mol. The molecule has 0 aliphatic carbocycles. The van der Waals surface area contributed by atoms with E-state index >= 15 is 0 Å². The van der Waals surface area contributed by atoms with Crippen molar-refractivity contribution in [3.8, 4) is 11.5 Å². The molecule has 4 rings (SSSR count). The maximum absolute atomic E-state index is 13.6. The van der Waals surface area contributed by atoms with Crippen molar-refractivity contribution in [2.45, 2.75) is 19.9 Å². The van der Waals surface area contributed by atoms with Gasteiger partial charge in [-0.05, 0) is 37.6 Å². The first-order valence-corrected chi connectivity index (χ1v) is 10.5. The van der Waals surface area contributed by atoms with Gasteiger partial charge in [-0.3, -0.25) is 4.90 Å². The molecule has 158 valence electrons. The van der Waals surface area contributed by atoms with E-state index in [1.165, 1.54) is 0 Å². The summed E-state index contributed by atoms with van der Waals surface area (Å²) in [5.41, 5.74) is 1.55. The molecule has 0 aromatic heterocycles. The Labute approximate surface area is 180 Å². The van der Waals surface area contributed by atoms with Gasteiger partial charge in [0.2, 0.25) is 0 Å². The average Bonchev–Trinajstić information content (AvgIpc) is 3.08. The number of hydrogen-bond acceptors (Lipinski definition) is 4. The van der Waals surface area contributed by atoms with Crippen LogP contribution in [0.4, 0.5) is 15.3 Å². The largest absolute Gasteiger partial charge is 0.455 e. The number of halogens is 1. The van der Waals surface area contributed by atoms with Crippen LogP contribution >= 0.6 is 11.6 Å². The standard InChI is InChI=1S/C22H24ClN3O4/c1-2-29-22(28)25-11-5-10-24(12-13-25)21(27)26-15-16-6-3-4-7-19(16)30-20-9-8-17(23)14-18(20)26/h3-4,6-9,14H,2,5,10-13,15H2,1H3. The first kappa shape index (κ1) is 20.3. The quantitative estimate of drug-likeness (QED) is 0.657. The lowest BCUT2D eigenvalue weighted by Gasteiger charge is -2.29. The van der Waals surface area contributed by atoms with Crippen molar-refractivity contribution in [1.82, 2.24) is 9.80 Å². The number of nitrogens with zero attached hydrogens (tertiary/aromatic N) is 3. The fraction of sp³-hybridized carbons (Fsp3) is 0.364. The van der Waals surface area contributed by atoms with E-state index in [0.717, 1.165) is 11.3 Å². The molecule has 0 saturated carbocycles. The highest BCUT2D eigenvalue weighted by Crippen LogP contribution is 2.40. The van der Waals surface area contributed by atoms with Crippen molar-refractivity contribution in [1.29, 1.82) is 0 Å². The molecule has 0 unspecified atom stereocenters. The van der Waals surface area contributed by atoms with E-state index in [4.69, 9.17) is 21.1 Å². The normalized spacial score (nSPS) is 16.0. The molecule has 7 nitrogen and oxygen atoms in total. The third kappa shape index (κ3) is 4.16. The molecule has 2 heterocycles. The summed E-state index contributed by atoms with van der Waals surface area (Å²) in [5.74, 6) is 1.31. The van der Waals surface area contributed by atoms with Crippen LogP contribution in [0.3, 0.4) is 0 Å². The van der Waals surface area contributed by atoms with Crippen molar-refractivity contribution in [2.75, 3.05) is 37.7 Å². The van der Waals surface area contributed by atoms with Crippen molar-refractivity contribution in [3.63, 3.8) is 0 Å². The Hall–Kier alpha value is -2.93. The maximum atomic E-state index is 13.6. The summed E-state index contributed by atoms with van der Waals surface area (Å²) < 4.78 is 11.2. The first-order valence-electron chi connectivity index (χ1n) is 10.1. The molecule has 0 spiro atoms. The minimum atomic E-state index is -0.332. The van der Waals surface area contributed by atoms with E-state index < -0.39 is 0 Å². The molecular weight excluding hydrogens is 406 g/mol. The van der Waals surface area contributed by atoms with Gasteiger partial charge in [-0.2, -0.15) is 0 Å². The minimum absolute atomic E-state index is 0.135. The zero-order valence-corrected chi connectivity index (χ0v) is 17.6. The van der Waals surface area contributed by atoms with E-state index in [-0.39, 0.29) is 12.1 Å². The summed E-state index contributed by atoms with van der Waals surface area (Å²) in [6.45, 7) is 4.50. The van der Waals surface area contributed by atoms with Crippen LogP contribution in [-0.2, 0) is 11.3 Å². The van der Waals surface area contributed by atoms with Gasteiger partial charge >= 0.3 is 12.1 Å². The van der Waals surface area contributed by atoms with Crippen LogP contribution in [0.5, 0.6) is 11.5 Å². The van der Waals surface area contributed by atoms with E-state index in [1.54, 1.807) is 39.8 Å². The van der Waals surface area contributed by atoms with E-state index in [9.17, 15) is 9.59 Å². The lowest BCUT2D eigenvalue weighted by atomic mass is 10.2. The molecule has 2 aromatic carbocycles. The Morgan fingerprint density at radius 2 is 1.80 bits per heavy atom. The number of urea groups is 1. The molecule has 1 saturated heterocycles. The van der Waals surface area contributed by atoms with E-state index in [1.807, 2.05) is 24.3 Å². The van der Waals surface area contributed by atoms with Crippen LogP contribution in [0.1, 0.15) is 18.9 Å². The van der Waals surface area contributed by atoms with Crippen molar-refractivity contribution >= 4 is 29.4 Å². The summed E-state index contributed by atoms with van der Waals surface area (Å²) in [7, 11) is 0. The fourth-order valence-corrected chi connectivity index (χ4v) is 3.91. The predicted molar refractivity (Wildman–Crippen MR) is 114 cm³/mol. The molecule has 2 aromatic rings. The number of rotatable bonds is 1. The van der Waals surface area contributed by atoms with Crippen LogP contribution in [0, 0.1) is 0 Å². The molecule has 2 aliphatic rings. The number of ether oxygens (including phenoxy) is 2. The number of para-hydroxylation sites is 1. The Kier molecular flexibility index (Phi) is 5.99. The third-order valence-electron chi connectivity index (χ3n) is 5.26. The molecule has 2 aliphatic heterocycles. The topological polar surface area (TPSA) is 62.3 Å². The van der Waals surface area contributed by atoms with Gasteiger partial charge < -0.3 is 19.3 Å². The summed E-state index contributed by atoms with van der Waals surface area (Å²) in [4.78, 5) is 30.8. The lowest BCUT2D eigenvalue weighted by Crippen LogP contribution is -2.45. The summed E-state index contributed by atoms with van der Waals surface area (Å²) in [6, 6.07) is 12.8. The highest BCUT2D eigenvalue weighted by molar-refractivity contribution is 6.31. The second-order valence-corrected chi connectivity index (χ2v) is 7.65. The van der Waals surface area contributed by atoms with Gasteiger partial charge in [0.1, 0.15) is 5.75 Å². The van der Waals surface area contributed by atoms with Gasteiger partial charge in [0.15, 0.2) is 5.75 Å². The van der Waals surface area contributed by atoms with Gasteiger partial charge in [0.25, 0.3) is 0 Å². The molecular formula is C22H24ClN3O4. The van der Waals surface area contributed by atoms with Gasteiger partial charge in [-0.25, -0.2) is 9.59 Å². The Morgan fingerprint density at radius 1 is 1.03 bits per heavy atom. The number of amides is 3. The van der Waals surface area contributed by atoms with Gasteiger partial charge in [0, 0.05) is 36.8 Å². The number of fused-ring (bicyclic) bond motifs is 2. The second kappa shape index (κ2) is 8.83. The molecule has 30 heavy (non-hydrogen) atoms. The van der Waals surface area contributed by atoms with E-state index in [2.05, 4.69) is 0 Å². The number of carbonyl (C=O) groups excluding carboxylic acids is 2. The molecule has 1 fully saturated rings. The number of benzene rings is 2. The van der Waals surface area contributed by atoms with Crippen LogP contribution in [0.25, 0.3) is 0 Å². The Morgan fingerprint density at radius 3 is 2.63 bits per heavy atom. The van der Waals surface area contributed by atoms with Crippen molar-refractivity contribution in [3.05, 3.63) is 53.1 Å². The van der Waals surface area contributed by atoms with Crippen LogP contribution in [0.2, 0.25) is 5.02 Å². The SMILES string of the molecule is CCOC(=O)N1CCCN(C(=O)N2Cc3ccccc3Oc3ccc(Cl)cc32)CC1. The van der Waals surface area contributed by atoms with Gasteiger partial charge in [-0.15, -0.1) is 0 Å². The molecule has 3 amide bonds. The minimum Gasteiger partial charge on any atom is -0.455 e. The zero-order chi connectivity index (χ0) is 21.1. The van der Waals surface area contributed by atoms with Gasteiger partial charge in [-0.1, -0.05) is 29.8 Å². The highest BCUT2D eigenvalue weighted by atomic mass is 35.5. The lowest BCUT2D eigenvalue weighted by molar-refractivity contribution is 0.108. The van der Waals surface area contributed by atoms with Crippen molar-refractivity contribution in [2.24, 2.45) is 0 Å². The molecule has 0 N–H and O–H groups in total. The maximum Gasteiger partial charge on any atom is 0.409 e. The molecule has 0 bridgehead atoms. The zero-order valence-electron chi connectivity index (χ0n) is 16.8. The second-order valence-electron chi connectivity index (χ2n) is 7.22. The predicted octanol–water partition coefficient (Wildman–Crippen LogP) is 4.74. The number of hydrogen-bond donors (Lipinski definition) is 0. The Balaban J connectivity index is 1.60. The third-order valence-corrected chi connectivity index (χ3v) is 5.49. The van der Waals surface area contributed by atoms with Crippen LogP contribution in [0.15, 0.2) is 42.5 Å².